The minimum atomic E-state index is -3.11. The molecule has 0 saturated carbocycles. The van der Waals surface area contributed by atoms with Gasteiger partial charge in [-0.2, -0.15) is 0 Å². The zero-order valence-electron chi connectivity index (χ0n) is 15.8. The average molecular weight is 411 g/mol. The topological polar surface area (TPSA) is 99.2 Å². The molecule has 2 aliphatic rings. The van der Waals surface area contributed by atoms with Gasteiger partial charge in [0.2, 0.25) is 6.10 Å². The SMILES string of the molecule is CCCCN(C(=O)COC(=O)[C@H]1COc2ccccc2O1)[C@H]1CCS(=O)(=O)C1. The van der Waals surface area contributed by atoms with Gasteiger partial charge < -0.3 is 19.1 Å². The molecular weight excluding hydrogens is 386 g/mol. The van der Waals surface area contributed by atoms with Crippen LogP contribution in [0.1, 0.15) is 26.2 Å². The van der Waals surface area contributed by atoms with Crippen LogP contribution >= 0.6 is 0 Å². The van der Waals surface area contributed by atoms with E-state index in [1.807, 2.05) is 6.92 Å². The number of amides is 1. The highest BCUT2D eigenvalue weighted by Gasteiger charge is 2.35. The molecule has 0 N–H and O–H groups in total. The zero-order chi connectivity index (χ0) is 20.1. The van der Waals surface area contributed by atoms with Crippen LogP contribution in [0.3, 0.4) is 0 Å². The molecule has 2 atom stereocenters. The molecule has 9 heteroatoms. The number of para-hydroxylation sites is 2. The number of hydrogen-bond donors (Lipinski definition) is 0. The number of fused-ring (bicyclic) bond motifs is 1. The third kappa shape index (κ3) is 4.95. The van der Waals surface area contributed by atoms with Crippen LogP contribution in [0.5, 0.6) is 11.5 Å². The smallest absolute Gasteiger partial charge is 0.351 e. The number of carbonyl (C=O) groups is 2. The first-order valence-electron chi connectivity index (χ1n) is 9.44. The summed E-state index contributed by atoms with van der Waals surface area (Å²) in [5.41, 5.74) is 0. The lowest BCUT2D eigenvalue weighted by molar-refractivity contribution is -0.160. The molecule has 1 aromatic rings. The highest BCUT2D eigenvalue weighted by atomic mass is 32.2. The van der Waals surface area contributed by atoms with Crippen LogP contribution < -0.4 is 9.47 Å². The fourth-order valence-electron chi connectivity index (χ4n) is 3.30. The largest absolute Gasteiger partial charge is 0.485 e. The predicted molar refractivity (Wildman–Crippen MR) is 101 cm³/mol. The molecule has 1 aromatic carbocycles. The van der Waals surface area contributed by atoms with Crippen LogP contribution in [0.25, 0.3) is 0 Å². The molecule has 28 heavy (non-hydrogen) atoms. The Bertz CT molecular complexity index is 823. The zero-order valence-corrected chi connectivity index (χ0v) is 16.7. The van der Waals surface area contributed by atoms with Crippen molar-refractivity contribution in [3.05, 3.63) is 24.3 Å². The van der Waals surface area contributed by atoms with Gasteiger partial charge in [0.15, 0.2) is 27.9 Å². The second-order valence-electron chi connectivity index (χ2n) is 6.97. The van der Waals surface area contributed by atoms with E-state index in [1.165, 1.54) is 4.90 Å². The van der Waals surface area contributed by atoms with Gasteiger partial charge in [0.05, 0.1) is 11.5 Å². The Kier molecular flexibility index (Phi) is 6.43. The van der Waals surface area contributed by atoms with Gasteiger partial charge in [0.25, 0.3) is 5.91 Å². The van der Waals surface area contributed by atoms with E-state index >= 15 is 0 Å². The number of unbranched alkanes of at least 4 members (excludes halogenated alkanes) is 1. The first-order valence-corrected chi connectivity index (χ1v) is 11.3. The first kappa shape index (κ1) is 20.4. The highest BCUT2D eigenvalue weighted by molar-refractivity contribution is 7.91. The predicted octanol–water partition coefficient (Wildman–Crippen LogP) is 1.19. The van der Waals surface area contributed by atoms with Gasteiger partial charge in [0.1, 0.15) is 6.61 Å². The Morgan fingerprint density at radius 3 is 2.68 bits per heavy atom. The fourth-order valence-corrected chi connectivity index (χ4v) is 5.04. The average Bonchev–Trinajstić information content (AvgIpc) is 3.05. The van der Waals surface area contributed by atoms with Crippen LogP contribution in [-0.4, -0.2) is 68.6 Å². The Morgan fingerprint density at radius 2 is 2.00 bits per heavy atom. The molecule has 2 aliphatic heterocycles. The van der Waals surface area contributed by atoms with Crippen molar-refractivity contribution in [3.8, 4) is 11.5 Å². The highest BCUT2D eigenvalue weighted by Crippen LogP contribution is 2.31. The van der Waals surface area contributed by atoms with Crippen molar-refractivity contribution < 1.29 is 32.2 Å². The van der Waals surface area contributed by atoms with Gasteiger partial charge in [-0.25, -0.2) is 13.2 Å². The number of carbonyl (C=O) groups excluding carboxylic acids is 2. The summed E-state index contributed by atoms with van der Waals surface area (Å²) in [7, 11) is -3.11. The first-order chi connectivity index (χ1) is 13.4. The lowest BCUT2D eigenvalue weighted by Crippen LogP contribution is -2.45. The Hall–Kier alpha value is -2.29. The van der Waals surface area contributed by atoms with E-state index in [2.05, 4.69) is 0 Å². The van der Waals surface area contributed by atoms with Crippen molar-refractivity contribution in [1.82, 2.24) is 4.90 Å². The van der Waals surface area contributed by atoms with Crippen LogP contribution in [0.2, 0.25) is 0 Å². The summed E-state index contributed by atoms with van der Waals surface area (Å²) >= 11 is 0. The monoisotopic (exact) mass is 411 g/mol. The molecule has 0 unspecified atom stereocenters. The molecule has 1 saturated heterocycles. The van der Waals surface area contributed by atoms with Gasteiger partial charge in [-0.1, -0.05) is 25.5 Å². The molecule has 8 nitrogen and oxygen atoms in total. The van der Waals surface area contributed by atoms with Crippen LogP contribution in [-0.2, 0) is 24.2 Å². The molecule has 0 aliphatic carbocycles. The molecule has 1 fully saturated rings. The minimum Gasteiger partial charge on any atom is -0.485 e. The number of sulfone groups is 1. The molecule has 0 aromatic heterocycles. The second kappa shape index (κ2) is 8.81. The lowest BCUT2D eigenvalue weighted by atomic mass is 10.2. The summed E-state index contributed by atoms with van der Waals surface area (Å²) in [5.74, 6) is -0.0239. The van der Waals surface area contributed by atoms with E-state index in [1.54, 1.807) is 24.3 Å². The number of hydrogen-bond acceptors (Lipinski definition) is 7. The summed E-state index contributed by atoms with van der Waals surface area (Å²) in [6.07, 6.45) is 1.10. The quantitative estimate of drug-likeness (QED) is 0.621. The van der Waals surface area contributed by atoms with Gasteiger partial charge in [-0.15, -0.1) is 0 Å². The van der Waals surface area contributed by atoms with E-state index in [4.69, 9.17) is 14.2 Å². The number of ether oxygens (including phenoxy) is 3. The third-order valence-corrected chi connectivity index (χ3v) is 6.58. The standard InChI is InChI=1S/C19H25NO7S/c1-2-3-9-20(14-8-10-28(23,24)13-14)18(21)12-26-19(22)17-11-25-15-6-4-5-7-16(15)27-17/h4-7,14,17H,2-3,8-13H2,1H3/t14-,17+/m0/s1. The van der Waals surface area contributed by atoms with Crippen molar-refractivity contribution >= 4 is 21.7 Å². The molecule has 3 rings (SSSR count). The minimum absolute atomic E-state index is 0.00442. The van der Waals surface area contributed by atoms with Crippen LogP contribution in [0.15, 0.2) is 24.3 Å². The second-order valence-corrected chi connectivity index (χ2v) is 9.20. The summed E-state index contributed by atoms with van der Waals surface area (Å²) in [6.45, 7) is 2.00. The van der Waals surface area contributed by atoms with Gasteiger partial charge in [-0.3, -0.25) is 4.79 Å². The van der Waals surface area contributed by atoms with Crippen molar-refractivity contribution in [2.45, 2.75) is 38.3 Å². The molecule has 0 spiro atoms. The van der Waals surface area contributed by atoms with E-state index in [-0.39, 0.29) is 30.1 Å². The van der Waals surface area contributed by atoms with Crippen molar-refractivity contribution in [2.24, 2.45) is 0 Å². The van der Waals surface area contributed by atoms with Crippen molar-refractivity contribution in [2.75, 3.05) is 31.3 Å². The molecule has 154 valence electrons. The van der Waals surface area contributed by atoms with E-state index in [0.29, 0.717) is 24.5 Å². The summed E-state index contributed by atoms with van der Waals surface area (Å²) in [5, 5.41) is 0. The lowest BCUT2D eigenvalue weighted by Gasteiger charge is -2.29. The van der Waals surface area contributed by atoms with E-state index < -0.39 is 28.5 Å². The number of benzene rings is 1. The number of nitrogens with zero attached hydrogens (tertiary/aromatic N) is 1. The number of rotatable bonds is 7. The normalized spacial score (nSPS) is 22.5. The maximum absolute atomic E-state index is 12.6. The Morgan fingerprint density at radius 1 is 1.25 bits per heavy atom. The van der Waals surface area contributed by atoms with Crippen LogP contribution in [0.4, 0.5) is 0 Å². The van der Waals surface area contributed by atoms with Crippen LogP contribution in [0, 0.1) is 0 Å². The maximum atomic E-state index is 12.6. The molecular formula is C19H25NO7S. The maximum Gasteiger partial charge on any atom is 0.351 e. The van der Waals surface area contributed by atoms with Crippen molar-refractivity contribution in [3.63, 3.8) is 0 Å². The van der Waals surface area contributed by atoms with Gasteiger partial charge in [0, 0.05) is 12.6 Å². The number of esters is 1. The molecule has 1 amide bonds. The van der Waals surface area contributed by atoms with E-state index in [0.717, 1.165) is 12.8 Å². The molecule has 0 bridgehead atoms. The molecule has 2 heterocycles. The van der Waals surface area contributed by atoms with Gasteiger partial charge >= 0.3 is 5.97 Å². The fraction of sp³-hybridized carbons (Fsp3) is 0.579. The Balaban J connectivity index is 1.56. The van der Waals surface area contributed by atoms with E-state index in [9.17, 15) is 18.0 Å². The third-order valence-electron chi connectivity index (χ3n) is 4.83. The summed E-state index contributed by atoms with van der Waals surface area (Å²) in [6, 6.07) is 6.63. The Labute approximate surface area is 164 Å². The summed E-state index contributed by atoms with van der Waals surface area (Å²) in [4.78, 5) is 26.4. The van der Waals surface area contributed by atoms with Gasteiger partial charge in [-0.05, 0) is 25.0 Å². The summed E-state index contributed by atoms with van der Waals surface area (Å²) < 4.78 is 39.7. The van der Waals surface area contributed by atoms with Crippen molar-refractivity contribution in [1.29, 1.82) is 0 Å². The molecule has 0 radical (unpaired) electrons.